The Morgan fingerprint density at radius 1 is 1.22 bits per heavy atom. The van der Waals surface area contributed by atoms with Crippen LogP contribution in [0.4, 0.5) is 0 Å². The number of fused-ring (bicyclic) bond motifs is 1. The second-order valence-corrected chi connectivity index (χ2v) is 10.2. The number of Topliss-reactive ketones (excluding diaryl/α,β-unsaturated/α-hetero) is 2. The van der Waals surface area contributed by atoms with Gasteiger partial charge in [-0.1, -0.05) is 6.42 Å². The number of carbonyl (C=O) groups is 5. The van der Waals surface area contributed by atoms with Gasteiger partial charge in [0.2, 0.25) is 5.91 Å². The summed E-state index contributed by atoms with van der Waals surface area (Å²) in [5.41, 5.74) is 0.982. The van der Waals surface area contributed by atoms with Gasteiger partial charge in [0.05, 0.1) is 18.2 Å². The SMILES string of the molecule is CCOC(=O)c1cc(C(=O)N2C[C@@H]3CCC[C@@H]3[C@H]2C(=O)N[C@@H](C[C@@H]2CCCC2=O)C(=O)CO)[nH]c1C. The third kappa shape index (κ3) is 5.09. The summed E-state index contributed by atoms with van der Waals surface area (Å²) in [5.74, 6) is -1.99. The Labute approximate surface area is 210 Å². The second kappa shape index (κ2) is 10.9. The molecule has 5 atom stereocenters. The molecule has 2 heterocycles. The number of likely N-dealkylation sites (tertiary alicyclic amines) is 1. The predicted molar refractivity (Wildman–Crippen MR) is 128 cm³/mol. The van der Waals surface area contributed by atoms with Gasteiger partial charge in [-0.05, 0) is 63.9 Å². The average molecular weight is 502 g/mol. The number of aromatic nitrogens is 1. The topological polar surface area (TPSA) is 146 Å². The molecular formula is C26H35N3O7. The number of ether oxygens (including phenoxy) is 1. The highest BCUT2D eigenvalue weighted by Crippen LogP contribution is 2.43. The molecule has 0 radical (unpaired) electrons. The number of amides is 2. The third-order valence-electron chi connectivity index (χ3n) is 7.97. The zero-order valence-corrected chi connectivity index (χ0v) is 20.9. The lowest BCUT2D eigenvalue weighted by molar-refractivity contribution is -0.133. The Bertz CT molecular complexity index is 1050. The normalized spacial score (nSPS) is 26.1. The summed E-state index contributed by atoms with van der Waals surface area (Å²) in [7, 11) is 0. The first kappa shape index (κ1) is 26.1. The highest BCUT2D eigenvalue weighted by molar-refractivity contribution is 6.01. The van der Waals surface area contributed by atoms with Crippen LogP contribution in [0.3, 0.4) is 0 Å². The van der Waals surface area contributed by atoms with Crippen molar-refractivity contribution in [2.24, 2.45) is 17.8 Å². The van der Waals surface area contributed by atoms with Gasteiger partial charge >= 0.3 is 5.97 Å². The van der Waals surface area contributed by atoms with Gasteiger partial charge in [-0.2, -0.15) is 0 Å². The standard InChI is InChI=1S/C26H35N3O7/c1-3-36-26(35)18-11-20(27-14(18)2)25(34)29-12-16-7-4-8-17(16)23(29)24(33)28-19(22(32)13-30)10-15-6-5-9-21(15)31/h11,15-17,19,23,27,30H,3-10,12-13H2,1-2H3,(H,28,33)/t15-,16-,17-,19-,23-/m0/s1. The van der Waals surface area contributed by atoms with E-state index in [0.717, 1.165) is 25.7 Å². The molecule has 2 saturated carbocycles. The van der Waals surface area contributed by atoms with Gasteiger partial charge in [0.25, 0.3) is 5.91 Å². The minimum atomic E-state index is -0.977. The average Bonchev–Trinajstić information content (AvgIpc) is 3.62. The van der Waals surface area contributed by atoms with E-state index in [0.29, 0.717) is 25.1 Å². The molecule has 1 saturated heterocycles. The number of aryl methyl sites for hydroxylation is 1. The molecule has 0 spiro atoms. The van der Waals surface area contributed by atoms with Crippen LogP contribution in [0.1, 0.15) is 78.4 Å². The van der Waals surface area contributed by atoms with E-state index in [-0.39, 0.29) is 53.7 Å². The minimum absolute atomic E-state index is 0.0347. The monoisotopic (exact) mass is 501 g/mol. The quantitative estimate of drug-likeness (QED) is 0.435. The highest BCUT2D eigenvalue weighted by atomic mass is 16.5. The van der Waals surface area contributed by atoms with E-state index >= 15 is 0 Å². The molecule has 4 rings (SSSR count). The van der Waals surface area contributed by atoms with E-state index in [9.17, 15) is 29.1 Å². The van der Waals surface area contributed by atoms with Gasteiger partial charge in [0.15, 0.2) is 5.78 Å². The molecule has 1 aliphatic heterocycles. The number of nitrogens with one attached hydrogen (secondary N) is 2. The first-order chi connectivity index (χ1) is 17.2. The van der Waals surface area contributed by atoms with Crippen LogP contribution in [0.25, 0.3) is 0 Å². The van der Waals surface area contributed by atoms with Crippen molar-refractivity contribution in [2.75, 3.05) is 19.8 Å². The zero-order chi connectivity index (χ0) is 26.0. The van der Waals surface area contributed by atoms with Crippen LogP contribution < -0.4 is 5.32 Å². The van der Waals surface area contributed by atoms with Crippen LogP contribution in [0.2, 0.25) is 0 Å². The third-order valence-corrected chi connectivity index (χ3v) is 7.97. The molecule has 36 heavy (non-hydrogen) atoms. The Morgan fingerprint density at radius 2 is 2.00 bits per heavy atom. The molecule has 2 amide bonds. The molecule has 0 unspecified atom stereocenters. The Hall–Kier alpha value is -3.01. The molecule has 0 bridgehead atoms. The smallest absolute Gasteiger partial charge is 0.339 e. The van der Waals surface area contributed by atoms with Gasteiger partial charge in [-0.25, -0.2) is 4.79 Å². The molecule has 2 aliphatic carbocycles. The number of nitrogens with zero attached hydrogens (tertiary/aromatic N) is 1. The summed E-state index contributed by atoms with van der Waals surface area (Å²) in [6, 6.07) is -0.286. The predicted octanol–water partition coefficient (Wildman–Crippen LogP) is 1.55. The number of aliphatic hydroxyl groups excluding tert-OH is 1. The number of rotatable bonds is 9. The number of carbonyl (C=O) groups excluding carboxylic acids is 5. The molecule has 1 aromatic rings. The maximum atomic E-state index is 13.6. The maximum absolute atomic E-state index is 13.6. The van der Waals surface area contributed by atoms with Crippen molar-refractivity contribution in [1.82, 2.24) is 15.2 Å². The minimum Gasteiger partial charge on any atom is -0.462 e. The van der Waals surface area contributed by atoms with Crippen molar-refractivity contribution < 1.29 is 33.8 Å². The molecule has 0 aromatic carbocycles. The van der Waals surface area contributed by atoms with E-state index < -0.39 is 36.4 Å². The first-order valence-electron chi connectivity index (χ1n) is 12.9. The van der Waals surface area contributed by atoms with E-state index in [1.807, 2.05) is 0 Å². The molecule has 3 fully saturated rings. The molecule has 3 aliphatic rings. The van der Waals surface area contributed by atoms with Crippen LogP contribution in [-0.2, 0) is 19.1 Å². The largest absolute Gasteiger partial charge is 0.462 e. The number of H-pyrrole nitrogens is 1. The van der Waals surface area contributed by atoms with Crippen molar-refractivity contribution in [3.63, 3.8) is 0 Å². The summed E-state index contributed by atoms with van der Waals surface area (Å²) in [5, 5.41) is 12.3. The fourth-order valence-electron chi connectivity index (χ4n) is 6.16. The Kier molecular flexibility index (Phi) is 7.92. The second-order valence-electron chi connectivity index (χ2n) is 10.2. The molecular weight excluding hydrogens is 466 g/mol. The first-order valence-corrected chi connectivity index (χ1v) is 12.9. The fraction of sp³-hybridized carbons (Fsp3) is 0.654. The van der Waals surface area contributed by atoms with E-state index in [4.69, 9.17) is 4.74 Å². The Morgan fingerprint density at radius 3 is 2.67 bits per heavy atom. The van der Waals surface area contributed by atoms with Gasteiger partial charge in [0.1, 0.15) is 24.1 Å². The molecule has 3 N–H and O–H groups in total. The van der Waals surface area contributed by atoms with Crippen LogP contribution >= 0.6 is 0 Å². The summed E-state index contributed by atoms with van der Waals surface area (Å²) in [4.78, 5) is 68.5. The van der Waals surface area contributed by atoms with Crippen LogP contribution in [-0.4, -0.2) is 76.2 Å². The van der Waals surface area contributed by atoms with Gasteiger partial charge in [-0.15, -0.1) is 0 Å². The van der Waals surface area contributed by atoms with Crippen LogP contribution in [0.5, 0.6) is 0 Å². The van der Waals surface area contributed by atoms with Crippen molar-refractivity contribution in [3.05, 3.63) is 23.0 Å². The lowest BCUT2D eigenvalue weighted by Gasteiger charge is -2.29. The lowest BCUT2D eigenvalue weighted by Crippen LogP contribution is -2.53. The van der Waals surface area contributed by atoms with E-state index in [2.05, 4.69) is 10.3 Å². The van der Waals surface area contributed by atoms with E-state index in [1.165, 1.54) is 11.0 Å². The number of esters is 1. The van der Waals surface area contributed by atoms with E-state index in [1.54, 1.807) is 13.8 Å². The van der Waals surface area contributed by atoms with Crippen molar-refractivity contribution >= 4 is 29.4 Å². The number of ketones is 2. The Balaban J connectivity index is 1.55. The number of hydrogen-bond donors (Lipinski definition) is 3. The maximum Gasteiger partial charge on any atom is 0.339 e. The van der Waals surface area contributed by atoms with Crippen molar-refractivity contribution in [2.45, 2.75) is 70.9 Å². The number of aromatic amines is 1. The highest BCUT2D eigenvalue weighted by Gasteiger charge is 2.50. The van der Waals surface area contributed by atoms with Crippen LogP contribution in [0.15, 0.2) is 6.07 Å². The molecule has 1 aromatic heterocycles. The van der Waals surface area contributed by atoms with Crippen molar-refractivity contribution in [3.8, 4) is 0 Å². The molecule has 10 heteroatoms. The zero-order valence-electron chi connectivity index (χ0n) is 20.9. The summed E-state index contributed by atoms with van der Waals surface area (Å²) in [6.07, 6.45) is 4.72. The summed E-state index contributed by atoms with van der Waals surface area (Å²) in [6.45, 7) is 3.28. The molecule has 10 nitrogen and oxygen atoms in total. The van der Waals surface area contributed by atoms with Crippen molar-refractivity contribution in [1.29, 1.82) is 0 Å². The summed E-state index contributed by atoms with van der Waals surface area (Å²) >= 11 is 0. The van der Waals surface area contributed by atoms with Gasteiger partial charge in [-0.3, -0.25) is 19.2 Å². The molecule has 196 valence electrons. The van der Waals surface area contributed by atoms with Gasteiger partial charge < -0.3 is 25.0 Å². The van der Waals surface area contributed by atoms with Gasteiger partial charge in [0, 0.05) is 24.6 Å². The summed E-state index contributed by atoms with van der Waals surface area (Å²) < 4.78 is 5.06. The number of aliphatic hydroxyl groups is 1. The van der Waals surface area contributed by atoms with Crippen LogP contribution in [0, 0.1) is 24.7 Å². The lowest BCUT2D eigenvalue weighted by atomic mass is 9.91. The fourth-order valence-corrected chi connectivity index (χ4v) is 6.16. The number of hydrogen-bond acceptors (Lipinski definition) is 7.